The highest BCUT2D eigenvalue weighted by Gasteiger charge is 2.23. The van der Waals surface area contributed by atoms with Gasteiger partial charge in [-0.05, 0) is 50.2 Å². The van der Waals surface area contributed by atoms with Gasteiger partial charge in [0.15, 0.2) is 20.8 Å². The predicted molar refractivity (Wildman–Crippen MR) is 140 cm³/mol. The van der Waals surface area contributed by atoms with Gasteiger partial charge >= 0.3 is 0 Å². The largest absolute Gasteiger partial charge is 0.492 e. The third-order valence-electron chi connectivity index (χ3n) is 5.21. The lowest BCUT2D eigenvalue weighted by molar-refractivity contribution is -0.113. The van der Waals surface area contributed by atoms with E-state index < -0.39 is 9.84 Å². The van der Waals surface area contributed by atoms with Crippen molar-refractivity contribution in [3.05, 3.63) is 90.3 Å². The van der Waals surface area contributed by atoms with Crippen molar-refractivity contribution < 1.29 is 17.9 Å². The molecule has 186 valence electrons. The van der Waals surface area contributed by atoms with Crippen molar-refractivity contribution in [3.63, 3.8) is 0 Å². The van der Waals surface area contributed by atoms with Crippen LogP contribution in [0.3, 0.4) is 0 Å². The second kappa shape index (κ2) is 11.4. The van der Waals surface area contributed by atoms with Crippen LogP contribution in [-0.4, -0.2) is 41.4 Å². The summed E-state index contributed by atoms with van der Waals surface area (Å²) in [6.45, 7) is 4.26. The number of para-hydroxylation sites is 3. The maximum Gasteiger partial charge on any atom is 0.234 e. The third-order valence-corrected chi connectivity index (χ3v) is 7.76. The summed E-state index contributed by atoms with van der Waals surface area (Å²) in [4.78, 5) is 12.9. The Morgan fingerprint density at radius 2 is 1.67 bits per heavy atom. The van der Waals surface area contributed by atoms with Gasteiger partial charge in [0.2, 0.25) is 5.91 Å². The van der Waals surface area contributed by atoms with E-state index in [1.54, 1.807) is 41.0 Å². The molecule has 1 heterocycles. The molecule has 0 aliphatic heterocycles. The van der Waals surface area contributed by atoms with Crippen molar-refractivity contribution in [2.75, 3.05) is 17.7 Å². The van der Waals surface area contributed by atoms with Crippen molar-refractivity contribution in [2.45, 2.75) is 29.7 Å². The van der Waals surface area contributed by atoms with Gasteiger partial charge in [0, 0.05) is 5.69 Å². The standard InChI is InChI=1S/C26H26N4O4S2/c1-3-34-23-12-8-7-11-22(23)27-25(31)17-35-26-29-28-24(30(26)20-9-5-4-6-10-20)18-36(32,33)21-15-13-19(2)14-16-21/h4-16H,3,17-18H2,1-2H3,(H,27,31). The molecular weight excluding hydrogens is 496 g/mol. The number of amides is 1. The summed E-state index contributed by atoms with van der Waals surface area (Å²) < 4.78 is 33.4. The summed E-state index contributed by atoms with van der Waals surface area (Å²) in [7, 11) is -3.66. The molecule has 1 aromatic heterocycles. The van der Waals surface area contributed by atoms with E-state index in [2.05, 4.69) is 15.5 Å². The minimum atomic E-state index is -3.66. The average molecular weight is 523 g/mol. The number of rotatable bonds is 10. The van der Waals surface area contributed by atoms with Crippen LogP contribution in [0.1, 0.15) is 18.3 Å². The van der Waals surface area contributed by atoms with Crippen LogP contribution in [-0.2, 0) is 20.4 Å². The normalized spacial score (nSPS) is 11.3. The van der Waals surface area contributed by atoms with Gasteiger partial charge in [-0.15, -0.1) is 10.2 Å². The first-order chi connectivity index (χ1) is 17.4. The second-order valence-corrected chi connectivity index (χ2v) is 10.8. The Morgan fingerprint density at radius 3 is 2.39 bits per heavy atom. The van der Waals surface area contributed by atoms with E-state index in [0.29, 0.717) is 28.9 Å². The summed E-state index contributed by atoms with van der Waals surface area (Å²) >= 11 is 1.17. The molecule has 36 heavy (non-hydrogen) atoms. The fourth-order valence-electron chi connectivity index (χ4n) is 3.49. The van der Waals surface area contributed by atoms with Crippen LogP contribution in [0, 0.1) is 6.92 Å². The van der Waals surface area contributed by atoms with Gasteiger partial charge in [0.25, 0.3) is 0 Å². The van der Waals surface area contributed by atoms with Crippen molar-refractivity contribution in [1.29, 1.82) is 0 Å². The van der Waals surface area contributed by atoms with Gasteiger partial charge in [0.05, 0.1) is 22.9 Å². The fourth-order valence-corrected chi connectivity index (χ4v) is 5.51. The molecule has 3 aromatic carbocycles. The molecule has 1 amide bonds. The molecule has 4 rings (SSSR count). The number of thioether (sulfide) groups is 1. The first-order valence-electron chi connectivity index (χ1n) is 11.3. The lowest BCUT2D eigenvalue weighted by Gasteiger charge is -2.12. The van der Waals surface area contributed by atoms with Crippen LogP contribution in [0.4, 0.5) is 5.69 Å². The van der Waals surface area contributed by atoms with Gasteiger partial charge in [-0.3, -0.25) is 9.36 Å². The Morgan fingerprint density at radius 1 is 0.972 bits per heavy atom. The van der Waals surface area contributed by atoms with Crippen molar-refractivity contribution in [2.24, 2.45) is 0 Å². The number of aromatic nitrogens is 3. The number of carbonyl (C=O) groups is 1. The molecular formula is C26H26N4O4S2. The molecule has 10 heteroatoms. The van der Waals surface area contributed by atoms with Crippen LogP contribution in [0.2, 0.25) is 0 Å². The van der Waals surface area contributed by atoms with E-state index in [1.807, 2.05) is 56.3 Å². The zero-order valence-electron chi connectivity index (χ0n) is 19.9. The topological polar surface area (TPSA) is 103 Å². The zero-order chi connectivity index (χ0) is 25.5. The molecule has 0 saturated heterocycles. The number of anilines is 1. The maximum atomic E-state index is 13.1. The maximum absolute atomic E-state index is 13.1. The molecule has 0 fully saturated rings. The van der Waals surface area contributed by atoms with Gasteiger partial charge in [-0.25, -0.2) is 8.42 Å². The number of nitrogens with one attached hydrogen (secondary N) is 1. The van der Waals surface area contributed by atoms with Crippen LogP contribution in [0.5, 0.6) is 5.75 Å². The summed E-state index contributed by atoms with van der Waals surface area (Å²) in [5, 5.41) is 11.7. The van der Waals surface area contributed by atoms with Crippen molar-refractivity contribution in [3.8, 4) is 11.4 Å². The number of aryl methyl sites for hydroxylation is 1. The Balaban J connectivity index is 1.56. The molecule has 4 aromatic rings. The monoisotopic (exact) mass is 522 g/mol. The van der Waals surface area contributed by atoms with Crippen LogP contribution in [0.15, 0.2) is 88.9 Å². The minimum absolute atomic E-state index is 0.0517. The van der Waals surface area contributed by atoms with Crippen molar-refractivity contribution in [1.82, 2.24) is 14.8 Å². The summed E-state index contributed by atoms with van der Waals surface area (Å²) in [5.74, 6) is 0.340. The Hall–Kier alpha value is -3.63. The van der Waals surface area contributed by atoms with E-state index in [-0.39, 0.29) is 28.1 Å². The highest BCUT2D eigenvalue weighted by molar-refractivity contribution is 7.99. The smallest absolute Gasteiger partial charge is 0.234 e. The lowest BCUT2D eigenvalue weighted by atomic mass is 10.2. The molecule has 0 bridgehead atoms. The molecule has 1 N–H and O–H groups in total. The minimum Gasteiger partial charge on any atom is -0.492 e. The van der Waals surface area contributed by atoms with Crippen LogP contribution in [0.25, 0.3) is 5.69 Å². The molecule has 0 saturated carbocycles. The SMILES string of the molecule is CCOc1ccccc1NC(=O)CSc1nnc(CS(=O)(=O)c2ccc(C)cc2)n1-c1ccccc1. The number of sulfone groups is 1. The molecule has 0 spiro atoms. The highest BCUT2D eigenvalue weighted by atomic mass is 32.2. The van der Waals surface area contributed by atoms with E-state index in [4.69, 9.17) is 4.74 Å². The number of ether oxygens (including phenoxy) is 1. The second-order valence-electron chi connectivity index (χ2n) is 7.91. The predicted octanol–water partition coefficient (Wildman–Crippen LogP) is 4.68. The molecule has 0 unspecified atom stereocenters. The highest BCUT2D eigenvalue weighted by Crippen LogP contribution is 2.27. The van der Waals surface area contributed by atoms with Gasteiger partial charge in [-0.1, -0.05) is 59.8 Å². The van der Waals surface area contributed by atoms with Gasteiger partial charge in [0.1, 0.15) is 11.5 Å². The number of hydrogen-bond donors (Lipinski definition) is 1. The van der Waals surface area contributed by atoms with Gasteiger partial charge < -0.3 is 10.1 Å². The Bertz CT molecular complexity index is 1440. The molecule has 8 nitrogen and oxygen atoms in total. The summed E-state index contributed by atoms with van der Waals surface area (Å²) in [6, 6.07) is 23.2. The molecule has 0 aliphatic rings. The molecule has 0 atom stereocenters. The summed E-state index contributed by atoms with van der Waals surface area (Å²) in [5.41, 5.74) is 2.27. The molecule has 0 aliphatic carbocycles. The Kier molecular flexibility index (Phi) is 8.07. The van der Waals surface area contributed by atoms with Crippen molar-refractivity contribution >= 4 is 33.2 Å². The zero-order valence-corrected chi connectivity index (χ0v) is 21.6. The van der Waals surface area contributed by atoms with E-state index >= 15 is 0 Å². The summed E-state index contributed by atoms with van der Waals surface area (Å²) in [6.07, 6.45) is 0. The third kappa shape index (κ3) is 6.13. The van der Waals surface area contributed by atoms with E-state index in [0.717, 1.165) is 5.56 Å². The first kappa shape index (κ1) is 25.5. The number of nitrogens with zero attached hydrogens (tertiary/aromatic N) is 3. The number of carbonyl (C=O) groups excluding carboxylic acids is 1. The van der Waals surface area contributed by atoms with Crippen LogP contribution < -0.4 is 10.1 Å². The van der Waals surface area contributed by atoms with Crippen LogP contribution >= 0.6 is 11.8 Å². The average Bonchev–Trinajstić information content (AvgIpc) is 3.26. The Labute approximate surface area is 214 Å². The quantitative estimate of drug-likeness (QED) is 0.302. The number of hydrogen-bond acceptors (Lipinski definition) is 7. The fraction of sp³-hybridized carbons (Fsp3) is 0.192. The van der Waals surface area contributed by atoms with E-state index in [9.17, 15) is 13.2 Å². The first-order valence-corrected chi connectivity index (χ1v) is 13.9. The van der Waals surface area contributed by atoms with E-state index in [1.165, 1.54) is 11.8 Å². The number of benzene rings is 3. The van der Waals surface area contributed by atoms with Gasteiger partial charge in [-0.2, -0.15) is 0 Å². The molecule has 0 radical (unpaired) electrons. The lowest BCUT2D eigenvalue weighted by Crippen LogP contribution is -2.16.